The molecule has 0 aromatic rings. The van der Waals surface area contributed by atoms with E-state index in [-0.39, 0.29) is 18.9 Å². The second-order valence-electron chi connectivity index (χ2n) is 6.28. The van der Waals surface area contributed by atoms with Crippen molar-refractivity contribution in [1.29, 1.82) is 0 Å². The molecular weight excluding hydrogens is 274 g/mol. The normalized spacial score (nSPS) is 14.1. The molecule has 3 amide bonds. The molecule has 0 aliphatic carbocycles. The Bertz CT molecular complexity index is 366. The van der Waals surface area contributed by atoms with Crippen LogP contribution in [0.2, 0.25) is 0 Å². The van der Waals surface area contributed by atoms with Crippen molar-refractivity contribution in [3.05, 3.63) is 0 Å². The van der Waals surface area contributed by atoms with Crippen LogP contribution >= 0.6 is 0 Å². The number of primary amides is 1. The van der Waals surface area contributed by atoms with Gasteiger partial charge in [0.1, 0.15) is 6.04 Å². The van der Waals surface area contributed by atoms with Crippen LogP contribution in [0.3, 0.4) is 0 Å². The maximum absolute atomic E-state index is 12.3. The number of hydroxylamine groups is 2. The zero-order valence-electron chi connectivity index (χ0n) is 13.3. The monoisotopic (exact) mass is 301 g/mol. The number of carbonyl (C=O) groups excluding carboxylic acids is 3. The van der Waals surface area contributed by atoms with Gasteiger partial charge in [0.25, 0.3) is 0 Å². The highest BCUT2D eigenvalue weighted by Crippen LogP contribution is 2.20. The molecule has 122 valence electrons. The van der Waals surface area contributed by atoms with Gasteiger partial charge in [-0.2, -0.15) is 0 Å². The Balaban J connectivity index is 4.92. The predicted octanol–water partition coefficient (Wildman–Crippen LogP) is 0.657. The summed E-state index contributed by atoms with van der Waals surface area (Å²) in [4.78, 5) is 34.3. The van der Waals surface area contributed by atoms with Crippen molar-refractivity contribution in [2.45, 2.75) is 53.0 Å². The lowest BCUT2D eigenvalue weighted by Gasteiger charge is -2.30. The standard InChI is InChI=1S/C14H27N3O4/c1-5-6-7-10(8-17(21)9-18)13(20)16-11(12(15)19)14(2,3)4/h9-11,21H,5-8H2,1-4H3,(H2,15,19)(H,16,20)/t10-,11-/m1/s1. The molecule has 0 heterocycles. The molecule has 0 saturated heterocycles. The van der Waals surface area contributed by atoms with Gasteiger partial charge in [-0.05, 0) is 11.8 Å². The Labute approximate surface area is 125 Å². The molecule has 0 fully saturated rings. The van der Waals surface area contributed by atoms with E-state index in [2.05, 4.69) is 5.32 Å². The first-order chi connectivity index (χ1) is 9.63. The van der Waals surface area contributed by atoms with Crippen LogP contribution in [-0.2, 0) is 14.4 Å². The summed E-state index contributed by atoms with van der Waals surface area (Å²) in [6.45, 7) is 7.27. The lowest BCUT2D eigenvalue weighted by atomic mass is 9.85. The average molecular weight is 301 g/mol. The molecular formula is C14H27N3O4. The number of unbranched alkanes of at least 4 members (excludes halogenated alkanes) is 1. The number of hydrogen-bond acceptors (Lipinski definition) is 4. The van der Waals surface area contributed by atoms with Gasteiger partial charge in [0, 0.05) is 0 Å². The van der Waals surface area contributed by atoms with Crippen LogP contribution in [0, 0.1) is 11.3 Å². The van der Waals surface area contributed by atoms with Gasteiger partial charge in [0.2, 0.25) is 18.2 Å². The van der Waals surface area contributed by atoms with E-state index in [1.807, 2.05) is 6.92 Å². The van der Waals surface area contributed by atoms with E-state index in [1.54, 1.807) is 20.8 Å². The number of hydrogen-bond donors (Lipinski definition) is 3. The van der Waals surface area contributed by atoms with Crippen LogP contribution in [-0.4, -0.2) is 41.1 Å². The molecule has 21 heavy (non-hydrogen) atoms. The van der Waals surface area contributed by atoms with Gasteiger partial charge in [0.05, 0.1) is 12.5 Å². The summed E-state index contributed by atoms with van der Waals surface area (Å²) in [6.07, 6.45) is 2.43. The van der Waals surface area contributed by atoms with E-state index in [4.69, 9.17) is 5.73 Å². The van der Waals surface area contributed by atoms with E-state index in [0.717, 1.165) is 12.8 Å². The highest BCUT2D eigenvalue weighted by Gasteiger charge is 2.33. The van der Waals surface area contributed by atoms with Crippen LogP contribution in [0.25, 0.3) is 0 Å². The third kappa shape index (κ3) is 7.08. The Kier molecular flexibility index (Phi) is 7.94. The average Bonchev–Trinajstić information content (AvgIpc) is 2.38. The van der Waals surface area contributed by atoms with E-state index in [9.17, 15) is 19.6 Å². The largest absolute Gasteiger partial charge is 0.368 e. The van der Waals surface area contributed by atoms with Gasteiger partial charge in [-0.3, -0.25) is 19.6 Å². The van der Waals surface area contributed by atoms with E-state index >= 15 is 0 Å². The van der Waals surface area contributed by atoms with E-state index in [0.29, 0.717) is 11.5 Å². The number of nitrogens with two attached hydrogens (primary N) is 1. The Morgan fingerprint density at radius 2 is 1.95 bits per heavy atom. The van der Waals surface area contributed by atoms with Crippen LogP contribution in [0.5, 0.6) is 0 Å². The molecule has 0 spiro atoms. The molecule has 0 unspecified atom stereocenters. The fraction of sp³-hybridized carbons (Fsp3) is 0.786. The third-order valence-corrected chi connectivity index (χ3v) is 3.24. The lowest BCUT2D eigenvalue weighted by molar-refractivity contribution is -0.155. The molecule has 7 heteroatoms. The summed E-state index contributed by atoms with van der Waals surface area (Å²) in [6, 6.07) is -0.808. The van der Waals surface area contributed by atoms with Gasteiger partial charge >= 0.3 is 0 Å². The summed E-state index contributed by atoms with van der Waals surface area (Å²) >= 11 is 0. The van der Waals surface area contributed by atoms with Crippen LogP contribution in [0.1, 0.15) is 47.0 Å². The highest BCUT2D eigenvalue weighted by atomic mass is 16.5. The molecule has 4 N–H and O–H groups in total. The summed E-state index contributed by atoms with van der Waals surface area (Å²) in [5.74, 6) is -1.58. The molecule has 7 nitrogen and oxygen atoms in total. The molecule has 2 atom stereocenters. The number of nitrogens with one attached hydrogen (secondary N) is 1. The molecule has 0 aliphatic heterocycles. The number of carbonyl (C=O) groups is 3. The Morgan fingerprint density at radius 1 is 1.38 bits per heavy atom. The number of nitrogens with zero attached hydrogens (tertiary/aromatic N) is 1. The van der Waals surface area contributed by atoms with Crippen LogP contribution < -0.4 is 11.1 Å². The third-order valence-electron chi connectivity index (χ3n) is 3.24. The van der Waals surface area contributed by atoms with Crippen LogP contribution in [0.15, 0.2) is 0 Å². The molecule has 0 aromatic heterocycles. The minimum absolute atomic E-state index is 0.106. The number of rotatable bonds is 9. The van der Waals surface area contributed by atoms with Gasteiger partial charge < -0.3 is 11.1 Å². The fourth-order valence-corrected chi connectivity index (χ4v) is 2.00. The minimum Gasteiger partial charge on any atom is -0.368 e. The lowest BCUT2D eigenvalue weighted by Crippen LogP contribution is -2.54. The van der Waals surface area contributed by atoms with Crippen molar-refractivity contribution in [2.24, 2.45) is 17.1 Å². The van der Waals surface area contributed by atoms with Gasteiger partial charge in [0.15, 0.2) is 0 Å². The molecule has 0 bridgehead atoms. The SMILES string of the molecule is CCCC[C@H](CN(O)C=O)C(=O)N[C@H](C(N)=O)C(C)(C)C. The maximum Gasteiger partial charge on any atom is 0.240 e. The first-order valence-corrected chi connectivity index (χ1v) is 7.14. The maximum atomic E-state index is 12.3. The topological polar surface area (TPSA) is 113 Å². The molecule has 0 saturated carbocycles. The van der Waals surface area contributed by atoms with Crippen molar-refractivity contribution in [3.8, 4) is 0 Å². The zero-order valence-corrected chi connectivity index (χ0v) is 13.3. The predicted molar refractivity (Wildman–Crippen MR) is 78.2 cm³/mol. The number of amides is 3. The second-order valence-corrected chi connectivity index (χ2v) is 6.28. The van der Waals surface area contributed by atoms with E-state index < -0.39 is 23.3 Å². The van der Waals surface area contributed by atoms with E-state index in [1.165, 1.54) is 0 Å². The first-order valence-electron chi connectivity index (χ1n) is 7.14. The molecule has 0 rings (SSSR count). The van der Waals surface area contributed by atoms with Gasteiger partial charge in [-0.15, -0.1) is 0 Å². The van der Waals surface area contributed by atoms with Gasteiger partial charge in [-0.25, -0.2) is 5.06 Å². The van der Waals surface area contributed by atoms with Crippen molar-refractivity contribution >= 4 is 18.2 Å². The molecule has 0 aliphatic rings. The highest BCUT2D eigenvalue weighted by molar-refractivity contribution is 5.88. The molecule has 0 radical (unpaired) electrons. The van der Waals surface area contributed by atoms with Crippen LogP contribution in [0.4, 0.5) is 0 Å². The zero-order chi connectivity index (χ0) is 16.6. The smallest absolute Gasteiger partial charge is 0.240 e. The summed E-state index contributed by atoms with van der Waals surface area (Å²) in [5.41, 5.74) is 4.82. The Morgan fingerprint density at radius 3 is 2.33 bits per heavy atom. The fourth-order valence-electron chi connectivity index (χ4n) is 2.00. The Hall–Kier alpha value is -1.63. The quantitative estimate of drug-likeness (QED) is 0.330. The summed E-state index contributed by atoms with van der Waals surface area (Å²) in [5, 5.41) is 12.3. The van der Waals surface area contributed by atoms with Crippen molar-refractivity contribution in [2.75, 3.05) is 6.54 Å². The van der Waals surface area contributed by atoms with Crippen molar-refractivity contribution in [1.82, 2.24) is 10.4 Å². The van der Waals surface area contributed by atoms with Gasteiger partial charge in [-0.1, -0.05) is 40.5 Å². The minimum atomic E-state index is -0.808. The first kappa shape index (κ1) is 19.4. The second kappa shape index (κ2) is 8.61. The summed E-state index contributed by atoms with van der Waals surface area (Å²) < 4.78 is 0. The van der Waals surface area contributed by atoms with Crippen molar-refractivity contribution < 1.29 is 19.6 Å². The summed E-state index contributed by atoms with van der Waals surface area (Å²) in [7, 11) is 0. The van der Waals surface area contributed by atoms with Crippen molar-refractivity contribution in [3.63, 3.8) is 0 Å². The molecule has 0 aromatic carbocycles.